The van der Waals surface area contributed by atoms with Gasteiger partial charge in [-0.2, -0.15) is 0 Å². The maximum absolute atomic E-state index is 14.1. The van der Waals surface area contributed by atoms with Crippen LogP contribution in [0.4, 0.5) is 4.39 Å². The molecule has 1 aromatic carbocycles. The largest absolute Gasteiger partial charge is 0.468 e. The van der Waals surface area contributed by atoms with Crippen LogP contribution < -0.4 is 0 Å². The minimum absolute atomic E-state index is 0.0471. The molecule has 0 saturated carbocycles. The fourth-order valence-electron chi connectivity index (χ4n) is 3.13. The summed E-state index contributed by atoms with van der Waals surface area (Å²) < 4.78 is 24.6. The van der Waals surface area contributed by atoms with Crippen LogP contribution in [-0.4, -0.2) is 30.4 Å². The number of hydrogen-bond acceptors (Lipinski definition) is 5. The number of carbonyl (C=O) groups is 2. The number of carbonyl (C=O) groups excluding carboxylic acids is 2. The first kappa shape index (κ1) is 21.1. The van der Waals surface area contributed by atoms with E-state index in [0.29, 0.717) is 17.0 Å². The Hall–Kier alpha value is -2.21. The first-order valence-corrected chi connectivity index (χ1v) is 8.86. The van der Waals surface area contributed by atoms with Crippen molar-refractivity contribution in [2.45, 2.75) is 46.1 Å². The quantitative estimate of drug-likeness (QED) is 0.709. The van der Waals surface area contributed by atoms with E-state index in [1.165, 1.54) is 19.2 Å². The van der Waals surface area contributed by atoms with E-state index in [1.807, 2.05) is 0 Å². The molecule has 0 saturated heterocycles. The second kappa shape index (κ2) is 7.80. The van der Waals surface area contributed by atoms with Gasteiger partial charge in [-0.25, -0.2) is 9.18 Å². The number of methoxy groups -OCH3 is 1. The monoisotopic (exact) mass is 395 g/mol. The summed E-state index contributed by atoms with van der Waals surface area (Å²) in [5.74, 6) is -3.48. The molecule has 27 heavy (non-hydrogen) atoms. The molecule has 0 aliphatic carbocycles. The summed E-state index contributed by atoms with van der Waals surface area (Å²) in [6.07, 6.45) is 0. The molecule has 1 heterocycles. The summed E-state index contributed by atoms with van der Waals surface area (Å²) in [6.45, 7) is 8.57. The molecule has 2 atom stereocenters. The molecule has 0 fully saturated rings. The number of halogens is 2. The SMILES string of the molecule is COC(=O)C1C(C)=NC(C)=C(C(=O)OC(C)(C)C)C1c1ccc(Cl)c(F)c1. The van der Waals surface area contributed by atoms with Crippen molar-refractivity contribution >= 4 is 29.3 Å². The van der Waals surface area contributed by atoms with Crippen LogP contribution in [0.1, 0.15) is 46.1 Å². The number of rotatable bonds is 3. The van der Waals surface area contributed by atoms with E-state index in [4.69, 9.17) is 21.1 Å². The van der Waals surface area contributed by atoms with Crippen molar-refractivity contribution in [1.29, 1.82) is 0 Å². The van der Waals surface area contributed by atoms with Crippen molar-refractivity contribution in [2.75, 3.05) is 7.11 Å². The van der Waals surface area contributed by atoms with Crippen LogP contribution in [0.5, 0.6) is 0 Å². The van der Waals surface area contributed by atoms with Crippen LogP contribution in [-0.2, 0) is 19.1 Å². The minimum atomic E-state index is -0.873. The molecule has 1 aromatic rings. The Kier molecular flexibility index (Phi) is 6.10. The number of hydrogen-bond donors (Lipinski definition) is 0. The van der Waals surface area contributed by atoms with Gasteiger partial charge in [-0.05, 0) is 52.3 Å². The minimum Gasteiger partial charge on any atom is -0.468 e. The molecule has 2 rings (SSSR count). The Morgan fingerprint density at radius 2 is 1.85 bits per heavy atom. The second-order valence-electron chi connectivity index (χ2n) is 7.41. The highest BCUT2D eigenvalue weighted by molar-refractivity contribution is 6.30. The van der Waals surface area contributed by atoms with Crippen molar-refractivity contribution in [2.24, 2.45) is 10.9 Å². The zero-order valence-corrected chi connectivity index (χ0v) is 17.0. The number of aliphatic imine (C=N–C) groups is 1. The van der Waals surface area contributed by atoms with Gasteiger partial charge >= 0.3 is 11.9 Å². The Bertz CT molecular complexity index is 839. The molecule has 0 spiro atoms. The lowest BCUT2D eigenvalue weighted by atomic mass is 9.75. The van der Waals surface area contributed by atoms with Crippen LogP contribution in [0.3, 0.4) is 0 Å². The topological polar surface area (TPSA) is 65.0 Å². The molecular formula is C20H23ClFNO4. The lowest BCUT2D eigenvalue weighted by Crippen LogP contribution is -2.37. The van der Waals surface area contributed by atoms with Gasteiger partial charge in [-0.15, -0.1) is 0 Å². The van der Waals surface area contributed by atoms with Gasteiger partial charge < -0.3 is 9.47 Å². The van der Waals surface area contributed by atoms with Crippen LogP contribution in [0.2, 0.25) is 5.02 Å². The van der Waals surface area contributed by atoms with Gasteiger partial charge in [0.25, 0.3) is 0 Å². The fraction of sp³-hybridized carbons (Fsp3) is 0.450. The first-order chi connectivity index (χ1) is 12.5. The van der Waals surface area contributed by atoms with Gasteiger partial charge in [0.15, 0.2) is 0 Å². The number of allylic oxidation sites excluding steroid dienone is 1. The predicted molar refractivity (Wildman–Crippen MR) is 101 cm³/mol. The molecule has 2 unspecified atom stereocenters. The van der Waals surface area contributed by atoms with Gasteiger partial charge in [-0.3, -0.25) is 9.79 Å². The standard InChI is InChI=1S/C20H23ClFNO4/c1-10-15(18(24)26-6)17(12-7-8-13(21)14(22)9-12)16(11(2)23-10)19(25)27-20(3,4)5/h7-9,15,17H,1-6H3. The van der Waals surface area contributed by atoms with Crippen molar-refractivity contribution < 1.29 is 23.5 Å². The van der Waals surface area contributed by atoms with Crippen molar-refractivity contribution in [1.82, 2.24) is 0 Å². The van der Waals surface area contributed by atoms with Gasteiger partial charge in [0.2, 0.25) is 0 Å². The highest BCUT2D eigenvalue weighted by Crippen LogP contribution is 2.41. The average Bonchev–Trinajstić information content (AvgIpc) is 2.54. The predicted octanol–water partition coefficient (Wildman–Crippen LogP) is 4.44. The molecule has 7 heteroatoms. The van der Waals surface area contributed by atoms with Gasteiger partial charge in [0.05, 0.1) is 17.7 Å². The summed E-state index contributed by atoms with van der Waals surface area (Å²) in [7, 11) is 1.26. The molecule has 1 aliphatic rings. The van der Waals surface area contributed by atoms with E-state index in [0.717, 1.165) is 0 Å². The third-order valence-corrected chi connectivity index (χ3v) is 4.51. The maximum Gasteiger partial charge on any atom is 0.337 e. The summed E-state index contributed by atoms with van der Waals surface area (Å²) in [4.78, 5) is 29.7. The van der Waals surface area contributed by atoms with Crippen LogP contribution >= 0.6 is 11.6 Å². The summed E-state index contributed by atoms with van der Waals surface area (Å²) in [6, 6.07) is 4.20. The smallest absolute Gasteiger partial charge is 0.337 e. The number of ether oxygens (including phenoxy) is 2. The number of esters is 2. The summed E-state index contributed by atoms with van der Waals surface area (Å²) in [5, 5.41) is -0.0471. The normalized spacial score (nSPS) is 20.2. The molecule has 1 aliphatic heterocycles. The van der Waals surface area contributed by atoms with Gasteiger partial charge in [0, 0.05) is 17.3 Å². The van der Waals surface area contributed by atoms with E-state index < -0.39 is 35.2 Å². The highest BCUT2D eigenvalue weighted by Gasteiger charge is 2.43. The van der Waals surface area contributed by atoms with E-state index in [1.54, 1.807) is 40.7 Å². The van der Waals surface area contributed by atoms with E-state index in [9.17, 15) is 14.0 Å². The zero-order valence-electron chi connectivity index (χ0n) is 16.2. The molecule has 0 aromatic heterocycles. The van der Waals surface area contributed by atoms with Crippen LogP contribution in [0.15, 0.2) is 34.5 Å². The maximum atomic E-state index is 14.1. The first-order valence-electron chi connectivity index (χ1n) is 8.48. The summed E-state index contributed by atoms with van der Waals surface area (Å²) in [5.41, 5.74) is 0.778. The third-order valence-electron chi connectivity index (χ3n) is 4.20. The molecule has 0 bridgehead atoms. The molecule has 0 N–H and O–H groups in total. The van der Waals surface area contributed by atoms with E-state index in [-0.39, 0.29) is 10.6 Å². The third kappa shape index (κ3) is 4.56. The molecule has 146 valence electrons. The number of benzene rings is 1. The van der Waals surface area contributed by atoms with E-state index in [2.05, 4.69) is 4.99 Å². The average molecular weight is 396 g/mol. The van der Waals surface area contributed by atoms with Crippen LogP contribution in [0, 0.1) is 11.7 Å². The van der Waals surface area contributed by atoms with Crippen molar-refractivity contribution in [3.8, 4) is 0 Å². The Morgan fingerprint density at radius 3 is 2.37 bits per heavy atom. The van der Waals surface area contributed by atoms with Crippen molar-refractivity contribution in [3.63, 3.8) is 0 Å². The molecular weight excluding hydrogens is 373 g/mol. The number of nitrogens with zero attached hydrogens (tertiary/aromatic N) is 1. The second-order valence-corrected chi connectivity index (χ2v) is 7.81. The molecule has 5 nitrogen and oxygen atoms in total. The summed E-state index contributed by atoms with van der Waals surface area (Å²) >= 11 is 5.80. The Morgan fingerprint density at radius 1 is 1.22 bits per heavy atom. The molecule has 0 radical (unpaired) electrons. The van der Waals surface area contributed by atoms with Crippen molar-refractivity contribution in [3.05, 3.63) is 45.9 Å². The molecule has 0 amide bonds. The van der Waals surface area contributed by atoms with Gasteiger partial charge in [0.1, 0.15) is 17.3 Å². The lowest BCUT2D eigenvalue weighted by Gasteiger charge is -2.32. The Balaban J connectivity index is 2.67. The lowest BCUT2D eigenvalue weighted by molar-refractivity contribution is -0.150. The van der Waals surface area contributed by atoms with Crippen LogP contribution in [0.25, 0.3) is 0 Å². The Labute approximate surface area is 163 Å². The zero-order chi connectivity index (χ0) is 20.5. The van der Waals surface area contributed by atoms with E-state index >= 15 is 0 Å². The fourth-order valence-corrected chi connectivity index (χ4v) is 3.25. The highest BCUT2D eigenvalue weighted by atomic mass is 35.5. The van der Waals surface area contributed by atoms with Gasteiger partial charge in [-0.1, -0.05) is 17.7 Å².